The number of allylic oxidation sites excluding steroid dienone is 3. The van der Waals surface area contributed by atoms with Crippen molar-refractivity contribution in [2.45, 2.75) is 108 Å². The molecule has 0 amide bonds. The molecule has 18 heteroatoms. The fourth-order valence-electron chi connectivity index (χ4n) is 4.03. The molecule has 0 heterocycles. The highest BCUT2D eigenvalue weighted by molar-refractivity contribution is 5.52. The number of benzene rings is 1. The second kappa shape index (κ2) is 17.1. The second-order valence-electron chi connectivity index (χ2n) is 12.0. The van der Waals surface area contributed by atoms with Crippen LogP contribution in [0.2, 0.25) is 0 Å². The Hall–Kier alpha value is -2.92. The molecule has 0 bridgehead atoms. The van der Waals surface area contributed by atoms with Gasteiger partial charge < -0.3 is 14.3 Å². The molecule has 0 fully saturated rings. The zero-order valence-corrected chi connectivity index (χ0v) is 27.1. The molecule has 1 aromatic carbocycles. The summed E-state index contributed by atoms with van der Waals surface area (Å²) in [5.41, 5.74) is 0.603. The van der Waals surface area contributed by atoms with Gasteiger partial charge in [-0.25, -0.2) is 0 Å². The van der Waals surface area contributed by atoms with Crippen LogP contribution in [0.1, 0.15) is 58.9 Å². The van der Waals surface area contributed by atoms with Crippen LogP contribution in [-0.4, -0.2) is 60.7 Å². The SMILES string of the molecule is C[C@H](C=O)C/C=C/[C@@H](C)C/C=C/[C@@H](C)[C@H](C)OCc1ccc(OCCCC(F)(F)C(F)(F)C(F)(F)C(F)(F)C(F)(F)C(F)(F)C(F)(F)F)cc1. The Morgan fingerprint density at radius 1 is 0.640 bits per heavy atom. The average Bonchev–Trinajstić information content (AvgIpc) is 3.01. The molecule has 0 aliphatic rings. The first kappa shape index (κ1) is 45.1. The van der Waals surface area contributed by atoms with Gasteiger partial charge in [0.05, 0.1) is 19.3 Å². The van der Waals surface area contributed by atoms with Crippen LogP contribution in [0.4, 0.5) is 65.9 Å². The maximum Gasteiger partial charge on any atom is 0.460 e. The number of hydrogen-bond acceptors (Lipinski definition) is 3. The van der Waals surface area contributed by atoms with Crippen LogP contribution in [0.25, 0.3) is 0 Å². The molecule has 0 aliphatic heterocycles. The molecular formula is C32H37F15O3. The molecule has 3 nitrogen and oxygen atoms in total. The van der Waals surface area contributed by atoms with E-state index in [1.165, 1.54) is 24.3 Å². The van der Waals surface area contributed by atoms with Crippen LogP contribution in [0.3, 0.4) is 0 Å². The van der Waals surface area contributed by atoms with E-state index in [1.807, 2.05) is 52.0 Å². The summed E-state index contributed by atoms with van der Waals surface area (Å²) < 4.78 is 211. The summed E-state index contributed by atoms with van der Waals surface area (Å²) in [6.45, 7) is 6.77. The van der Waals surface area contributed by atoms with Gasteiger partial charge in [-0.15, -0.1) is 0 Å². The largest absolute Gasteiger partial charge is 0.494 e. The molecular weight excluding hydrogens is 717 g/mol. The van der Waals surface area contributed by atoms with Gasteiger partial charge in [0.2, 0.25) is 0 Å². The van der Waals surface area contributed by atoms with Gasteiger partial charge >= 0.3 is 41.7 Å². The van der Waals surface area contributed by atoms with Crippen LogP contribution in [0, 0.1) is 17.8 Å². The van der Waals surface area contributed by atoms with E-state index in [2.05, 4.69) is 0 Å². The Labute approximate surface area is 278 Å². The van der Waals surface area contributed by atoms with Crippen molar-refractivity contribution >= 4 is 6.29 Å². The highest BCUT2D eigenvalue weighted by atomic mass is 19.4. The average molecular weight is 755 g/mol. The molecule has 288 valence electrons. The third kappa shape index (κ3) is 10.3. The van der Waals surface area contributed by atoms with E-state index in [0.29, 0.717) is 12.0 Å². The van der Waals surface area contributed by atoms with Gasteiger partial charge in [0.25, 0.3) is 0 Å². The van der Waals surface area contributed by atoms with Crippen molar-refractivity contribution in [2.24, 2.45) is 17.8 Å². The zero-order valence-electron chi connectivity index (χ0n) is 27.1. The molecule has 0 aromatic heterocycles. The first-order chi connectivity index (χ1) is 22.6. The van der Waals surface area contributed by atoms with Gasteiger partial charge in [-0.3, -0.25) is 0 Å². The van der Waals surface area contributed by atoms with E-state index in [4.69, 9.17) is 9.47 Å². The Morgan fingerprint density at radius 2 is 1.12 bits per heavy atom. The van der Waals surface area contributed by atoms with Crippen LogP contribution >= 0.6 is 0 Å². The van der Waals surface area contributed by atoms with E-state index in [9.17, 15) is 70.7 Å². The van der Waals surface area contributed by atoms with Crippen LogP contribution in [0.15, 0.2) is 48.6 Å². The molecule has 1 aromatic rings. The van der Waals surface area contributed by atoms with Crippen LogP contribution in [-0.2, 0) is 16.1 Å². The number of halogens is 15. The number of carbonyl (C=O) groups is 1. The number of carbonyl (C=O) groups excluding carboxylic acids is 1. The zero-order chi connectivity index (χ0) is 39.0. The lowest BCUT2D eigenvalue weighted by molar-refractivity contribution is -0.452. The van der Waals surface area contributed by atoms with Gasteiger partial charge in [-0.2, -0.15) is 65.9 Å². The van der Waals surface area contributed by atoms with E-state index in [1.54, 1.807) is 0 Å². The lowest BCUT2D eigenvalue weighted by atomic mass is 9.90. The lowest BCUT2D eigenvalue weighted by Crippen LogP contribution is -2.72. The second-order valence-corrected chi connectivity index (χ2v) is 12.0. The number of aldehydes is 1. The predicted molar refractivity (Wildman–Crippen MR) is 152 cm³/mol. The lowest BCUT2D eigenvalue weighted by Gasteiger charge is -2.41. The van der Waals surface area contributed by atoms with Crippen molar-refractivity contribution in [3.05, 3.63) is 54.1 Å². The topological polar surface area (TPSA) is 35.5 Å². The minimum absolute atomic E-state index is 0.0119. The minimum Gasteiger partial charge on any atom is -0.494 e. The van der Waals surface area contributed by atoms with Crippen molar-refractivity contribution in [3.63, 3.8) is 0 Å². The summed E-state index contributed by atoms with van der Waals surface area (Å²) in [7, 11) is 0. The number of ether oxygens (including phenoxy) is 2. The van der Waals surface area contributed by atoms with Crippen molar-refractivity contribution < 1.29 is 80.1 Å². The molecule has 1 rings (SSSR count). The van der Waals surface area contributed by atoms with E-state index in [-0.39, 0.29) is 36.2 Å². The van der Waals surface area contributed by atoms with Crippen LogP contribution in [0.5, 0.6) is 5.75 Å². The number of hydrogen-bond donors (Lipinski definition) is 0. The van der Waals surface area contributed by atoms with Gasteiger partial charge in [-0.1, -0.05) is 57.2 Å². The van der Waals surface area contributed by atoms with Gasteiger partial charge in [0, 0.05) is 12.3 Å². The molecule has 4 atom stereocenters. The van der Waals surface area contributed by atoms with E-state index < -0.39 is 61.2 Å². The predicted octanol–water partition coefficient (Wildman–Crippen LogP) is 11.1. The van der Waals surface area contributed by atoms with Crippen molar-refractivity contribution in [3.8, 4) is 5.75 Å². The fraction of sp³-hybridized carbons (Fsp3) is 0.656. The molecule has 0 spiro atoms. The first-order valence-electron chi connectivity index (χ1n) is 15.1. The van der Waals surface area contributed by atoms with Crippen molar-refractivity contribution in [2.75, 3.05) is 6.61 Å². The van der Waals surface area contributed by atoms with Crippen molar-refractivity contribution in [1.82, 2.24) is 0 Å². The first-order valence-corrected chi connectivity index (χ1v) is 15.1. The standard InChI is InChI=1S/C32H37F15O3/c1-20(8-5-10-21(2)18-48)9-6-11-22(3)23(4)50-19-24-12-14-25(15-13-24)49-17-7-16-26(33,34)27(35,36)28(37,38)29(39,40)30(41,42)31(43,44)32(45,46)47/h5-6,8,11-15,18,20-23H,7,9-10,16-17,19H2,1-4H3/b8-5+,11-6+/t20-,21+,22-,23+/m1/s1. The summed E-state index contributed by atoms with van der Waals surface area (Å²) in [5, 5.41) is 0. The molecule has 0 saturated carbocycles. The Kier molecular flexibility index (Phi) is 15.4. The van der Waals surface area contributed by atoms with E-state index in [0.717, 1.165) is 12.7 Å². The van der Waals surface area contributed by atoms with Gasteiger partial charge in [0.15, 0.2) is 0 Å². The highest BCUT2D eigenvalue weighted by Crippen LogP contribution is 2.62. The molecule has 0 unspecified atom stereocenters. The summed E-state index contributed by atoms with van der Waals surface area (Å²) in [5.74, 6) is -46.3. The smallest absolute Gasteiger partial charge is 0.460 e. The quantitative estimate of drug-likeness (QED) is 0.0543. The monoisotopic (exact) mass is 754 g/mol. The third-order valence-corrected chi connectivity index (χ3v) is 7.63. The molecule has 0 aliphatic carbocycles. The normalized spacial score (nSPS) is 16.9. The number of rotatable bonds is 21. The molecule has 0 saturated heterocycles. The summed E-state index contributed by atoms with van der Waals surface area (Å²) in [6.07, 6.45) is -1.35. The fourth-order valence-corrected chi connectivity index (χ4v) is 4.03. The molecule has 50 heavy (non-hydrogen) atoms. The Morgan fingerprint density at radius 3 is 1.64 bits per heavy atom. The third-order valence-electron chi connectivity index (χ3n) is 7.63. The minimum atomic E-state index is -8.30. The van der Waals surface area contributed by atoms with Crippen molar-refractivity contribution in [1.29, 1.82) is 0 Å². The van der Waals surface area contributed by atoms with Crippen LogP contribution < -0.4 is 4.74 Å². The van der Waals surface area contributed by atoms with Gasteiger partial charge in [-0.05, 0) is 55.7 Å². The van der Waals surface area contributed by atoms with E-state index >= 15 is 0 Å². The highest BCUT2D eigenvalue weighted by Gasteiger charge is 2.93. The number of alkyl halides is 15. The summed E-state index contributed by atoms with van der Waals surface area (Å²) in [4.78, 5) is 10.7. The summed E-state index contributed by atoms with van der Waals surface area (Å²) in [6, 6.07) is 5.48. The Bertz CT molecular complexity index is 1260. The maximum atomic E-state index is 14.0. The summed E-state index contributed by atoms with van der Waals surface area (Å²) >= 11 is 0. The van der Waals surface area contributed by atoms with Gasteiger partial charge in [0.1, 0.15) is 12.0 Å². The maximum absolute atomic E-state index is 14.0. The molecule has 0 N–H and O–H groups in total. The Balaban J connectivity index is 2.71. The molecule has 0 radical (unpaired) electrons.